The van der Waals surface area contributed by atoms with Gasteiger partial charge in [-0.25, -0.2) is 0 Å². The number of ketones is 1. The Morgan fingerprint density at radius 2 is 1.79 bits per heavy atom. The fraction of sp³-hybridized carbons (Fsp3) is 0.917. The van der Waals surface area contributed by atoms with Gasteiger partial charge in [0.1, 0.15) is 5.78 Å². The van der Waals surface area contributed by atoms with E-state index in [9.17, 15) is 4.79 Å². The van der Waals surface area contributed by atoms with Crippen LogP contribution in [0.25, 0.3) is 0 Å². The van der Waals surface area contributed by atoms with Crippen LogP contribution in [-0.4, -0.2) is 19.5 Å². The summed E-state index contributed by atoms with van der Waals surface area (Å²) in [6, 6.07) is 0. The van der Waals surface area contributed by atoms with E-state index in [-0.39, 0.29) is 0 Å². The number of rotatable bonds is 9. The number of carbonyl (C=O) groups is 1. The molecule has 0 saturated carbocycles. The molecule has 14 heavy (non-hydrogen) atoms. The van der Waals surface area contributed by atoms with Crippen molar-refractivity contribution in [3.8, 4) is 0 Å². The summed E-state index contributed by atoms with van der Waals surface area (Å²) in [5, 5.41) is 0. The Bertz CT molecular complexity index is 137. The molecule has 0 aromatic heterocycles. The van der Waals surface area contributed by atoms with Gasteiger partial charge < -0.3 is 4.74 Å². The van der Waals surface area contributed by atoms with Gasteiger partial charge in [0.25, 0.3) is 0 Å². The van der Waals surface area contributed by atoms with Gasteiger partial charge in [0.2, 0.25) is 0 Å². The molecule has 0 aliphatic carbocycles. The van der Waals surface area contributed by atoms with Gasteiger partial charge in [-0.15, -0.1) is 0 Å². The standard InChI is InChI=1S/C12H24O2/c1-4-7-11(8-5-2)12(13)9-6-10-14-3/h11H,4-10H2,1-3H3. The molecule has 0 saturated heterocycles. The van der Waals surface area contributed by atoms with Gasteiger partial charge >= 0.3 is 0 Å². The molecule has 2 heteroatoms. The first kappa shape index (κ1) is 13.6. The average Bonchev–Trinajstić information content (AvgIpc) is 2.18. The van der Waals surface area contributed by atoms with E-state index in [1.807, 2.05) is 0 Å². The Morgan fingerprint density at radius 1 is 1.21 bits per heavy atom. The maximum absolute atomic E-state index is 11.7. The van der Waals surface area contributed by atoms with Gasteiger partial charge in [-0.3, -0.25) is 4.79 Å². The predicted molar refractivity (Wildman–Crippen MR) is 59.4 cm³/mol. The second-order valence-electron chi connectivity index (χ2n) is 3.84. The fourth-order valence-corrected chi connectivity index (χ4v) is 1.76. The van der Waals surface area contributed by atoms with E-state index in [0.717, 1.165) is 32.1 Å². The highest BCUT2D eigenvalue weighted by Crippen LogP contribution is 2.16. The van der Waals surface area contributed by atoms with Crippen LogP contribution in [0.3, 0.4) is 0 Å². The molecule has 0 N–H and O–H groups in total. The van der Waals surface area contributed by atoms with Crippen LogP contribution in [0.5, 0.6) is 0 Å². The highest BCUT2D eigenvalue weighted by atomic mass is 16.5. The molecule has 0 unspecified atom stereocenters. The molecule has 0 bridgehead atoms. The van der Waals surface area contributed by atoms with Crippen molar-refractivity contribution in [3.05, 3.63) is 0 Å². The molecule has 0 aromatic rings. The number of hydrogen-bond acceptors (Lipinski definition) is 2. The van der Waals surface area contributed by atoms with E-state index in [0.29, 0.717) is 24.7 Å². The molecule has 0 aromatic carbocycles. The Morgan fingerprint density at radius 3 is 2.21 bits per heavy atom. The Hall–Kier alpha value is -0.370. The summed E-state index contributed by atoms with van der Waals surface area (Å²) in [4.78, 5) is 11.7. The topological polar surface area (TPSA) is 26.3 Å². The first-order valence-electron chi connectivity index (χ1n) is 5.77. The molecular formula is C12H24O2. The highest BCUT2D eigenvalue weighted by Gasteiger charge is 2.15. The van der Waals surface area contributed by atoms with Crippen molar-refractivity contribution in [2.45, 2.75) is 52.4 Å². The molecule has 2 nitrogen and oxygen atoms in total. The maximum Gasteiger partial charge on any atom is 0.136 e. The number of ether oxygens (including phenoxy) is 1. The largest absolute Gasteiger partial charge is 0.385 e. The second-order valence-corrected chi connectivity index (χ2v) is 3.84. The molecule has 0 radical (unpaired) electrons. The van der Waals surface area contributed by atoms with Crippen molar-refractivity contribution in [1.82, 2.24) is 0 Å². The molecule has 0 aliphatic rings. The van der Waals surface area contributed by atoms with E-state index in [1.54, 1.807) is 7.11 Å². The maximum atomic E-state index is 11.7. The van der Waals surface area contributed by atoms with E-state index >= 15 is 0 Å². The van der Waals surface area contributed by atoms with Crippen LogP contribution in [0.4, 0.5) is 0 Å². The van der Waals surface area contributed by atoms with E-state index in [4.69, 9.17) is 4.74 Å². The lowest BCUT2D eigenvalue weighted by Crippen LogP contribution is -2.14. The summed E-state index contributed by atoms with van der Waals surface area (Å²) in [5.41, 5.74) is 0. The van der Waals surface area contributed by atoms with Crippen LogP contribution in [0.15, 0.2) is 0 Å². The van der Waals surface area contributed by atoms with Crippen molar-refractivity contribution in [1.29, 1.82) is 0 Å². The second kappa shape index (κ2) is 9.20. The minimum atomic E-state index is 0.307. The van der Waals surface area contributed by atoms with Gasteiger partial charge in [-0.05, 0) is 19.3 Å². The van der Waals surface area contributed by atoms with Crippen molar-refractivity contribution < 1.29 is 9.53 Å². The normalized spacial score (nSPS) is 10.9. The molecule has 0 spiro atoms. The third-order valence-corrected chi connectivity index (χ3v) is 2.50. The van der Waals surface area contributed by atoms with E-state index in [1.165, 1.54) is 0 Å². The minimum absolute atomic E-state index is 0.307. The molecule has 0 heterocycles. The summed E-state index contributed by atoms with van der Waals surface area (Å²) >= 11 is 0. The summed E-state index contributed by atoms with van der Waals surface area (Å²) in [5.74, 6) is 0.743. The average molecular weight is 200 g/mol. The number of Topliss-reactive ketones (excluding diaryl/α,β-unsaturated/α-hetero) is 1. The summed E-state index contributed by atoms with van der Waals surface area (Å²) in [6.45, 7) is 4.99. The van der Waals surface area contributed by atoms with E-state index in [2.05, 4.69) is 13.8 Å². The van der Waals surface area contributed by atoms with Crippen LogP contribution >= 0.6 is 0 Å². The first-order valence-corrected chi connectivity index (χ1v) is 5.77. The highest BCUT2D eigenvalue weighted by molar-refractivity contribution is 5.80. The Balaban J connectivity index is 3.76. The molecule has 0 amide bonds. The van der Waals surface area contributed by atoms with Crippen LogP contribution in [0.2, 0.25) is 0 Å². The molecule has 0 rings (SSSR count). The number of carbonyl (C=O) groups excluding carboxylic acids is 1. The van der Waals surface area contributed by atoms with Crippen LogP contribution in [-0.2, 0) is 9.53 Å². The molecule has 0 atom stereocenters. The lowest BCUT2D eigenvalue weighted by molar-refractivity contribution is -0.123. The fourth-order valence-electron chi connectivity index (χ4n) is 1.76. The lowest BCUT2D eigenvalue weighted by Gasteiger charge is -2.13. The monoisotopic (exact) mass is 200 g/mol. The van der Waals surface area contributed by atoms with Gasteiger partial charge in [-0.2, -0.15) is 0 Å². The van der Waals surface area contributed by atoms with Gasteiger partial charge in [0, 0.05) is 26.1 Å². The third kappa shape index (κ3) is 6.14. The molecule has 84 valence electrons. The summed E-state index contributed by atoms with van der Waals surface area (Å²) in [7, 11) is 1.68. The SMILES string of the molecule is CCCC(CCC)C(=O)CCCOC. The van der Waals surface area contributed by atoms with Crippen LogP contribution in [0.1, 0.15) is 52.4 Å². The van der Waals surface area contributed by atoms with Crippen LogP contribution < -0.4 is 0 Å². The van der Waals surface area contributed by atoms with Gasteiger partial charge in [0.15, 0.2) is 0 Å². The minimum Gasteiger partial charge on any atom is -0.385 e. The Labute approximate surface area is 88.0 Å². The van der Waals surface area contributed by atoms with Crippen LogP contribution in [0, 0.1) is 5.92 Å². The van der Waals surface area contributed by atoms with E-state index < -0.39 is 0 Å². The van der Waals surface area contributed by atoms with Gasteiger partial charge in [0.05, 0.1) is 0 Å². The zero-order chi connectivity index (χ0) is 10.8. The molecule has 0 aliphatic heterocycles. The number of methoxy groups -OCH3 is 1. The predicted octanol–water partition coefficient (Wildman–Crippen LogP) is 3.20. The zero-order valence-corrected chi connectivity index (χ0v) is 9.84. The van der Waals surface area contributed by atoms with Crippen molar-refractivity contribution in [2.24, 2.45) is 5.92 Å². The number of hydrogen-bond donors (Lipinski definition) is 0. The van der Waals surface area contributed by atoms with Crippen molar-refractivity contribution in [2.75, 3.05) is 13.7 Å². The van der Waals surface area contributed by atoms with Crippen molar-refractivity contribution >= 4 is 5.78 Å². The smallest absolute Gasteiger partial charge is 0.136 e. The van der Waals surface area contributed by atoms with Crippen molar-refractivity contribution in [3.63, 3.8) is 0 Å². The summed E-state index contributed by atoms with van der Waals surface area (Å²) < 4.78 is 4.94. The molecule has 0 fully saturated rings. The first-order chi connectivity index (χ1) is 6.76. The van der Waals surface area contributed by atoms with Gasteiger partial charge in [-0.1, -0.05) is 26.7 Å². The quantitative estimate of drug-likeness (QED) is 0.534. The third-order valence-electron chi connectivity index (χ3n) is 2.50. The zero-order valence-electron chi connectivity index (χ0n) is 9.84. The Kier molecular flexibility index (Phi) is 8.95. The lowest BCUT2D eigenvalue weighted by atomic mass is 9.91. The molecular weight excluding hydrogens is 176 g/mol. The summed E-state index contributed by atoms with van der Waals surface area (Å²) in [6.07, 6.45) is 5.90.